The van der Waals surface area contributed by atoms with Gasteiger partial charge in [-0.05, 0) is 49.9 Å². The summed E-state index contributed by atoms with van der Waals surface area (Å²) in [4.78, 5) is 0.248. The first-order valence-electron chi connectivity index (χ1n) is 5.96. The highest BCUT2D eigenvalue weighted by atomic mass is 35.5. The van der Waals surface area contributed by atoms with Crippen LogP contribution in [0.25, 0.3) is 0 Å². The molecule has 0 saturated heterocycles. The van der Waals surface area contributed by atoms with Crippen molar-refractivity contribution < 1.29 is 0 Å². The molecule has 3 fully saturated rings. The van der Waals surface area contributed by atoms with E-state index < -0.39 is 0 Å². The quantitative estimate of drug-likeness (QED) is 0.556. The molecule has 0 N–H and O–H groups in total. The maximum absolute atomic E-state index is 6.83. The number of alkyl halides is 1. The fourth-order valence-corrected chi connectivity index (χ4v) is 4.91. The number of rotatable bonds is 1. The smallest absolute Gasteiger partial charge is 0.0505 e. The molecule has 0 aromatic rings. The van der Waals surface area contributed by atoms with Crippen LogP contribution in [0.4, 0.5) is 0 Å². The third-order valence-electron chi connectivity index (χ3n) is 5.17. The van der Waals surface area contributed by atoms with E-state index in [9.17, 15) is 0 Å². The first kappa shape index (κ1) is 8.59. The van der Waals surface area contributed by atoms with Crippen LogP contribution < -0.4 is 0 Å². The molecule has 0 atom stereocenters. The van der Waals surface area contributed by atoms with Gasteiger partial charge < -0.3 is 0 Å². The Bertz CT molecular complexity index is 207. The van der Waals surface area contributed by atoms with Gasteiger partial charge in [-0.2, -0.15) is 0 Å². The van der Waals surface area contributed by atoms with Crippen molar-refractivity contribution in [2.75, 3.05) is 0 Å². The standard InChI is InChI=1S/C12H19Cl/c13-12-8-2-6-11(12,7-3-9-12)10-4-1-5-10/h10H,1-9H2. The van der Waals surface area contributed by atoms with Crippen LogP contribution in [0.2, 0.25) is 0 Å². The van der Waals surface area contributed by atoms with Gasteiger partial charge in [0.25, 0.3) is 0 Å². The first-order valence-corrected chi connectivity index (χ1v) is 6.34. The van der Waals surface area contributed by atoms with Gasteiger partial charge in [0.05, 0.1) is 4.87 Å². The molecule has 1 heteroatoms. The molecule has 0 aromatic carbocycles. The van der Waals surface area contributed by atoms with Crippen LogP contribution in [-0.2, 0) is 0 Å². The minimum Gasteiger partial charge on any atom is -0.119 e. The Morgan fingerprint density at radius 1 is 0.846 bits per heavy atom. The van der Waals surface area contributed by atoms with Crippen molar-refractivity contribution in [3.05, 3.63) is 0 Å². The number of halogens is 1. The highest BCUT2D eigenvalue weighted by Crippen LogP contribution is 2.67. The van der Waals surface area contributed by atoms with Crippen LogP contribution in [0.5, 0.6) is 0 Å². The Kier molecular flexibility index (Phi) is 1.75. The largest absolute Gasteiger partial charge is 0.119 e. The second kappa shape index (κ2) is 2.66. The number of fused-ring (bicyclic) bond motifs is 1. The zero-order valence-corrected chi connectivity index (χ0v) is 9.08. The number of hydrogen-bond acceptors (Lipinski definition) is 0. The summed E-state index contributed by atoms with van der Waals surface area (Å²) in [6.07, 6.45) is 12.8. The Hall–Kier alpha value is 0.290. The molecule has 3 aliphatic carbocycles. The van der Waals surface area contributed by atoms with E-state index >= 15 is 0 Å². The van der Waals surface area contributed by atoms with Crippen molar-refractivity contribution in [2.45, 2.75) is 62.7 Å². The third-order valence-corrected chi connectivity index (χ3v) is 5.93. The summed E-state index contributed by atoms with van der Waals surface area (Å²) in [5.41, 5.74) is 0.604. The molecule has 74 valence electrons. The Morgan fingerprint density at radius 2 is 1.46 bits per heavy atom. The SMILES string of the molecule is ClC12CCCC1(C1CCC1)CCC2. The van der Waals surface area contributed by atoms with E-state index in [4.69, 9.17) is 11.6 Å². The lowest BCUT2D eigenvalue weighted by Gasteiger charge is -2.47. The van der Waals surface area contributed by atoms with Crippen molar-refractivity contribution in [3.8, 4) is 0 Å². The third kappa shape index (κ3) is 0.936. The fraction of sp³-hybridized carbons (Fsp3) is 1.00. The van der Waals surface area contributed by atoms with Crippen molar-refractivity contribution >= 4 is 11.6 Å². The van der Waals surface area contributed by atoms with E-state index in [-0.39, 0.29) is 4.87 Å². The highest BCUT2D eigenvalue weighted by molar-refractivity contribution is 6.25. The van der Waals surface area contributed by atoms with Crippen LogP contribution in [0, 0.1) is 11.3 Å². The summed E-state index contributed by atoms with van der Waals surface area (Å²) in [5.74, 6) is 1.01. The summed E-state index contributed by atoms with van der Waals surface area (Å²) in [6, 6.07) is 0. The summed E-state index contributed by atoms with van der Waals surface area (Å²) in [5, 5.41) is 0. The minimum absolute atomic E-state index is 0.248. The molecular formula is C12H19Cl. The van der Waals surface area contributed by atoms with Crippen molar-refractivity contribution in [2.24, 2.45) is 11.3 Å². The van der Waals surface area contributed by atoms with Gasteiger partial charge in [0.1, 0.15) is 0 Å². The Morgan fingerprint density at radius 3 is 1.92 bits per heavy atom. The van der Waals surface area contributed by atoms with E-state index in [2.05, 4.69) is 0 Å². The average Bonchev–Trinajstić information content (AvgIpc) is 2.38. The minimum atomic E-state index is 0.248. The van der Waals surface area contributed by atoms with Gasteiger partial charge in [-0.1, -0.05) is 19.3 Å². The Balaban J connectivity index is 1.93. The molecule has 3 aliphatic rings. The van der Waals surface area contributed by atoms with Crippen LogP contribution >= 0.6 is 11.6 Å². The van der Waals surface area contributed by atoms with Crippen LogP contribution in [-0.4, -0.2) is 4.87 Å². The van der Waals surface area contributed by atoms with E-state index in [0.717, 1.165) is 5.92 Å². The van der Waals surface area contributed by atoms with E-state index in [0.29, 0.717) is 5.41 Å². The van der Waals surface area contributed by atoms with Gasteiger partial charge in [-0.15, -0.1) is 11.6 Å². The van der Waals surface area contributed by atoms with Crippen LogP contribution in [0.15, 0.2) is 0 Å². The molecule has 0 radical (unpaired) electrons. The van der Waals surface area contributed by atoms with Gasteiger partial charge in [0.2, 0.25) is 0 Å². The first-order chi connectivity index (χ1) is 6.27. The van der Waals surface area contributed by atoms with Crippen LogP contribution in [0.3, 0.4) is 0 Å². The summed E-state index contributed by atoms with van der Waals surface area (Å²) >= 11 is 6.83. The molecule has 0 unspecified atom stereocenters. The van der Waals surface area contributed by atoms with Gasteiger partial charge >= 0.3 is 0 Å². The molecule has 0 heterocycles. The van der Waals surface area contributed by atoms with E-state index in [1.54, 1.807) is 0 Å². The molecule has 0 spiro atoms. The lowest BCUT2D eigenvalue weighted by molar-refractivity contribution is 0.0745. The zero-order chi connectivity index (χ0) is 8.94. The molecule has 3 saturated carbocycles. The van der Waals surface area contributed by atoms with E-state index in [1.165, 1.54) is 57.8 Å². The van der Waals surface area contributed by atoms with Gasteiger partial charge in [-0.3, -0.25) is 0 Å². The predicted molar refractivity (Wildman–Crippen MR) is 56.1 cm³/mol. The Labute approximate surface area is 86.0 Å². The van der Waals surface area contributed by atoms with Gasteiger partial charge in [0.15, 0.2) is 0 Å². The monoisotopic (exact) mass is 198 g/mol. The second-order valence-corrected chi connectivity index (χ2v) is 6.18. The lowest BCUT2D eigenvalue weighted by Crippen LogP contribution is -2.43. The zero-order valence-electron chi connectivity index (χ0n) is 8.32. The molecule has 13 heavy (non-hydrogen) atoms. The fourth-order valence-electron chi connectivity index (χ4n) is 4.30. The summed E-state index contributed by atoms with van der Waals surface area (Å²) in [7, 11) is 0. The van der Waals surface area contributed by atoms with Gasteiger partial charge in [-0.25, -0.2) is 0 Å². The molecule has 0 amide bonds. The number of hydrogen-bond donors (Lipinski definition) is 0. The normalized spacial score (nSPS) is 50.5. The molecule has 0 nitrogen and oxygen atoms in total. The highest BCUT2D eigenvalue weighted by Gasteiger charge is 2.60. The molecule has 3 rings (SSSR count). The molecule has 0 aliphatic heterocycles. The maximum atomic E-state index is 6.83. The van der Waals surface area contributed by atoms with Gasteiger partial charge in [0, 0.05) is 0 Å². The topological polar surface area (TPSA) is 0 Å². The summed E-state index contributed by atoms with van der Waals surface area (Å²) in [6.45, 7) is 0. The molecule has 0 bridgehead atoms. The lowest BCUT2D eigenvalue weighted by atomic mass is 9.61. The molecular weight excluding hydrogens is 180 g/mol. The van der Waals surface area contributed by atoms with Crippen molar-refractivity contribution in [1.29, 1.82) is 0 Å². The predicted octanol–water partition coefficient (Wildman–Crippen LogP) is 4.12. The second-order valence-electron chi connectivity index (χ2n) is 5.46. The van der Waals surface area contributed by atoms with Crippen LogP contribution in [0.1, 0.15) is 57.8 Å². The summed E-state index contributed by atoms with van der Waals surface area (Å²) < 4.78 is 0. The average molecular weight is 199 g/mol. The molecule has 0 aromatic heterocycles. The van der Waals surface area contributed by atoms with Crippen molar-refractivity contribution in [1.82, 2.24) is 0 Å². The van der Waals surface area contributed by atoms with Crippen molar-refractivity contribution in [3.63, 3.8) is 0 Å². The maximum Gasteiger partial charge on any atom is 0.0505 e. The van der Waals surface area contributed by atoms with E-state index in [1.807, 2.05) is 0 Å².